The van der Waals surface area contributed by atoms with Gasteiger partial charge in [-0.3, -0.25) is 4.79 Å². The normalized spacial score (nSPS) is 16.7. The molecule has 1 saturated carbocycles. The first-order chi connectivity index (χ1) is 4.31. The van der Waals surface area contributed by atoms with E-state index in [0.29, 0.717) is 6.47 Å². The fraction of sp³-hybridized carbons (Fsp3) is 0.833. The Morgan fingerprint density at radius 3 is 2.00 bits per heavy atom. The molecule has 0 amide bonds. The average Bonchev–Trinajstić information content (AvgIpc) is 1.84. The summed E-state index contributed by atoms with van der Waals surface area (Å²) >= 11 is 0. The Bertz CT molecular complexity index is 68.7. The summed E-state index contributed by atoms with van der Waals surface area (Å²) in [5.41, 5.74) is 0. The van der Waals surface area contributed by atoms with Crippen molar-refractivity contribution < 1.29 is 14.6 Å². The lowest BCUT2D eigenvalue weighted by molar-refractivity contribution is -0.126. The van der Waals surface area contributed by atoms with Crippen molar-refractivity contribution in [3.05, 3.63) is 0 Å². The van der Waals surface area contributed by atoms with Crippen LogP contribution in [-0.4, -0.2) is 24.8 Å². The predicted molar refractivity (Wildman–Crippen MR) is 32.9 cm³/mol. The second-order valence-electron chi connectivity index (χ2n) is 1.92. The van der Waals surface area contributed by atoms with Crippen LogP contribution in [0, 0.1) is 0 Å². The third kappa shape index (κ3) is 5.30. The van der Waals surface area contributed by atoms with Gasteiger partial charge in [0.1, 0.15) is 0 Å². The van der Waals surface area contributed by atoms with Gasteiger partial charge in [-0.15, -0.1) is 0 Å². The highest BCUT2D eigenvalue weighted by Gasteiger charge is 2.11. The Balaban J connectivity index is 0.000000148. The largest absolute Gasteiger partial charge is 0.471 e. The molecule has 9 heavy (non-hydrogen) atoms. The molecule has 0 aromatic carbocycles. The van der Waals surface area contributed by atoms with Crippen LogP contribution >= 0.6 is 0 Å². The van der Waals surface area contributed by atoms with E-state index in [1.165, 1.54) is 13.5 Å². The molecule has 0 aromatic rings. The Hall–Kier alpha value is -0.570. The van der Waals surface area contributed by atoms with E-state index in [1.807, 2.05) is 0 Å². The third-order valence-electron chi connectivity index (χ3n) is 1.17. The summed E-state index contributed by atoms with van der Waals surface area (Å²) in [6.45, 7) is 0.375. The summed E-state index contributed by atoms with van der Waals surface area (Å²) < 4.78 is 3.86. The maximum atomic E-state index is 8.95. The number of methoxy groups -OCH3 is 1. The number of carbonyl (C=O) groups is 1. The zero-order valence-electron chi connectivity index (χ0n) is 5.54. The van der Waals surface area contributed by atoms with Gasteiger partial charge in [0.15, 0.2) is 0 Å². The summed E-state index contributed by atoms with van der Waals surface area (Å²) in [6.07, 6.45) is 3.39. The van der Waals surface area contributed by atoms with Gasteiger partial charge in [-0.2, -0.15) is 0 Å². The van der Waals surface area contributed by atoms with Gasteiger partial charge in [0.25, 0.3) is 6.47 Å². The van der Waals surface area contributed by atoms with E-state index in [9.17, 15) is 0 Å². The van der Waals surface area contributed by atoms with E-state index in [-0.39, 0.29) is 6.10 Å². The van der Waals surface area contributed by atoms with Crippen molar-refractivity contribution in [1.29, 1.82) is 0 Å². The number of rotatable bonds is 1. The molecule has 0 atom stereocenters. The molecule has 1 rings (SSSR count). The van der Waals surface area contributed by atoms with Crippen molar-refractivity contribution in [1.82, 2.24) is 0 Å². The van der Waals surface area contributed by atoms with Crippen LogP contribution in [0.4, 0.5) is 0 Å². The lowest BCUT2D eigenvalue weighted by Gasteiger charge is -2.17. The molecule has 0 saturated heterocycles. The quantitative estimate of drug-likeness (QED) is 0.523. The van der Waals surface area contributed by atoms with Crippen molar-refractivity contribution >= 4 is 6.47 Å². The molecular formula is C6H12O3. The molecule has 0 bridgehead atoms. The number of hydrogen-bond acceptors (Lipinski definition) is 3. The first-order valence-electron chi connectivity index (χ1n) is 2.95. The van der Waals surface area contributed by atoms with Crippen molar-refractivity contribution in [3.8, 4) is 0 Å². The monoisotopic (exact) mass is 132 g/mol. The maximum Gasteiger partial charge on any atom is 0.292 e. The summed E-state index contributed by atoms with van der Waals surface area (Å²) in [6, 6.07) is 0. The van der Waals surface area contributed by atoms with Crippen molar-refractivity contribution in [2.24, 2.45) is 0 Å². The Labute approximate surface area is 54.6 Å². The molecule has 0 aromatic heterocycles. The van der Waals surface area contributed by atoms with Crippen LogP contribution in [0.3, 0.4) is 0 Å². The predicted octanol–water partition coefficient (Wildman–Crippen LogP) is 0.320. The molecule has 54 valence electrons. The second-order valence-corrected chi connectivity index (χ2v) is 1.92. The van der Waals surface area contributed by atoms with Crippen LogP contribution < -0.4 is 0 Å². The van der Waals surface area contributed by atoms with Gasteiger partial charge in [-0.05, 0) is 19.3 Å². The number of carbonyl (C=O) groups excluding carboxylic acids is 1. The van der Waals surface area contributed by atoms with Gasteiger partial charge >= 0.3 is 0 Å². The molecule has 1 fully saturated rings. The summed E-state index contributed by atoms with van der Waals surface area (Å²) in [5.74, 6) is 0. The highest BCUT2D eigenvalue weighted by atomic mass is 16.5. The minimum Gasteiger partial charge on any atom is -0.471 e. The van der Waals surface area contributed by atoms with Crippen LogP contribution in [0.2, 0.25) is 0 Å². The highest BCUT2D eigenvalue weighted by Crippen LogP contribution is 2.16. The minimum absolute atomic E-state index is 0.0648. The highest BCUT2D eigenvalue weighted by molar-refractivity contribution is 5.36. The SMILES string of the molecule is COC=O.OC1CCC1. The van der Waals surface area contributed by atoms with Crippen molar-refractivity contribution in [2.75, 3.05) is 7.11 Å². The van der Waals surface area contributed by atoms with Crippen molar-refractivity contribution in [2.45, 2.75) is 25.4 Å². The van der Waals surface area contributed by atoms with Gasteiger partial charge in [-0.1, -0.05) is 0 Å². The second kappa shape index (κ2) is 5.56. The first kappa shape index (κ1) is 8.43. The van der Waals surface area contributed by atoms with Gasteiger partial charge < -0.3 is 9.84 Å². The van der Waals surface area contributed by atoms with Gasteiger partial charge in [0.2, 0.25) is 0 Å². The number of ether oxygens (including phenoxy) is 1. The molecule has 3 nitrogen and oxygen atoms in total. The van der Waals surface area contributed by atoms with Gasteiger partial charge in [0, 0.05) is 0 Å². The molecule has 0 unspecified atom stereocenters. The van der Waals surface area contributed by atoms with E-state index in [1.54, 1.807) is 0 Å². The minimum atomic E-state index is 0.0648. The Morgan fingerprint density at radius 2 is 2.00 bits per heavy atom. The zero-order valence-corrected chi connectivity index (χ0v) is 5.54. The number of aliphatic hydroxyl groups is 1. The average molecular weight is 132 g/mol. The fourth-order valence-electron chi connectivity index (χ4n) is 0.387. The molecule has 3 heteroatoms. The van der Waals surface area contributed by atoms with E-state index in [4.69, 9.17) is 9.90 Å². The van der Waals surface area contributed by atoms with Gasteiger partial charge in [-0.25, -0.2) is 0 Å². The molecule has 0 heterocycles. The number of aliphatic hydroxyl groups excluding tert-OH is 1. The lowest BCUT2D eigenvalue weighted by Crippen LogP contribution is -2.15. The molecule has 1 N–H and O–H groups in total. The number of hydrogen-bond donors (Lipinski definition) is 1. The standard InChI is InChI=1S/C4H8O.C2H4O2/c5-4-2-1-3-4;1-4-2-3/h4-5H,1-3H2;2H,1H3. The van der Waals surface area contributed by atoms with Crippen molar-refractivity contribution in [3.63, 3.8) is 0 Å². The molecule has 1 aliphatic rings. The fourth-order valence-corrected chi connectivity index (χ4v) is 0.387. The van der Waals surface area contributed by atoms with Crippen LogP contribution in [-0.2, 0) is 9.53 Å². The third-order valence-corrected chi connectivity index (χ3v) is 1.17. The van der Waals surface area contributed by atoms with Crippen LogP contribution in [0.15, 0.2) is 0 Å². The van der Waals surface area contributed by atoms with Crippen LogP contribution in [0.25, 0.3) is 0 Å². The Morgan fingerprint density at radius 1 is 1.67 bits per heavy atom. The maximum absolute atomic E-state index is 8.95. The molecule has 0 aliphatic heterocycles. The summed E-state index contributed by atoms with van der Waals surface area (Å²) in [4.78, 5) is 8.95. The summed E-state index contributed by atoms with van der Waals surface area (Å²) in [5, 5.41) is 8.45. The van der Waals surface area contributed by atoms with E-state index in [0.717, 1.165) is 12.8 Å². The lowest BCUT2D eigenvalue weighted by atomic mass is 9.97. The molecule has 0 spiro atoms. The zero-order chi connectivity index (χ0) is 7.11. The molecular weight excluding hydrogens is 120 g/mol. The van der Waals surface area contributed by atoms with Crippen LogP contribution in [0.5, 0.6) is 0 Å². The topological polar surface area (TPSA) is 46.5 Å². The van der Waals surface area contributed by atoms with E-state index >= 15 is 0 Å². The Kier molecular flexibility index (Phi) is 5.21. The van der Waals surface area contributed by atoms with Gasteiger partial charge in [0.05, 0.1) is 13.2 Å². The molecule has 1 aliphatic carbocycles. The summed E-state index contributed by atoms with van der Waals surface area (Å²) in [7, 11) is 1.31. The smallest absolute Gasteiger partial charge is 0.292 e. The van der Waals surface area contributed by atoms with E-state index < -0.39 is 0 Å². The van der Waals surface area contributed by atoms with Crippen LogP contribution in [0.1, 0.15) is 19.3 Å². The molecule has 0 radical (unpaired) electrons. The first-order valence-corrected chi connectivity index (χ1v) is 2.95. The van der Waals surface area contributed by atoms with E-state index in [2.05, 4.69) is 4.74 Å².